The fraction of sp³-hybridized carbons (Fsp3) is 0.286. The molecule has 1 saturated heterocycles. The summed E-state index contributed by atoms with van der Waals surface area (Å²) in [6.45, 7) is 0. The van der Waals surface area contributed by atoms with Gasteiger partial charge in [0.15, 0.2) is 5.11 Å². The van der Waals surface area contributed by atoms with Crippen LogP contribution in [0.15, 0.2) is 54.6 Å². The molecule has 0 radical (unpaired) electrons. The van der Waals surface area contributed by atoms with Crippen LogP contribution in [0.3, 0.4) is 0 Å². The highest BCUT2D eigenvalue weighted by Crippen LogP contribution is 2.36. The maximum Gasteiger partial charge on any atom is 0.256 e. The van der Waals surface area contributed by atoms with Gasteiger partial charge < -0.3 is 15.0 Å². The van der Waals surface area contributed by atoms with Gasteiger partial charge in [-0.15, -0.1) is 0 Å². The van der Waals surface area contributed by atoms with E-state index in [0.29, 0.717) is 16.5 Å². The molecule has 28 heavy (non-hydrogen) atoms. The molecule has 2 aromatic carbocycles. The average molecular weight is 395 g/mol. The molecule has 1 saturated carbocycles. The SMILES string of the molecule is COc1ccc(NC(=O)C[C@H]2C(=O)N(c3ccccc3)C(=S)N2C2CC2)cc1. The van der Waals surface area contributed by atoms with Crippen molar-refractivity contribution in [3.63, 3.8) is 0 Å². The molecule has 7 heteroatoms. The summed E-state index contributed by atoms with van der Waals surface area (Å²) in [5, 5.41) is 3.34. The van der Waals surface area contributed by atoms with Crippen molar-refractivity contribution in [2.45, 2.75) is 31.3 Å². The number of hydrogen-bond donors (Lipinski definition) is 1. The Hall–Kier alpha value is -2.93. The van der Waals surface area contributed by atoms with Crippen molar-refractivity contribution in [3.05, 3.63) is 54.6 Å². The van der Waals surface area contributed by atoms with Crippen molar-refractivity contribution in [1.29, 1.82) is 0 Å². The summed E-state index contributed by atoms with van der Waals surface area (Å²) in [7, 11) is 1.59. The van der Waals surface area contributed by atoms with Crippen molar-refractivity contribution in [2.75, 3.05) is 17.3 Å². The maximum absolute atomic E-state index is 13.1. The zero-order valence-electron chi connectivity index (χ0n) is 15.5. The predicted molar refractivity (Wildman–Crippen MR) is 111 cm³/mol. The van der Waals surface area contributed by atoms with Crippen LogP contribution in [0.25, 0.3) is 0 Å². The Kier molecular flexibility index (Phi) is 5.00. The molecule has 1 aliphatic carbocycles. The smallest absolute Gasteiger partial charge is 0.256 e. The lowest BCUT2D eigenvalue weighted by Crippen LogP contribution is -2.39. The lowest BCUT2D eigenvalue weighted by molar-refractivity contribution is -0.124. The van der Waals surface area contributed by atoms with Crippen LogP contribution >= 0.6 is 12.2 Å². The normalized spacial score (nSPS) is 19.1. The van der Waals surface area contributed by atoms with E-state index in [1.54, 1.807) is 36.3 Å². The first kappa shape index (κ1) is 18.4. The van der Waals surface area contributed by atoms with E-state index in [2.05, 4.69) is 5.32 Å². The van der Waals surface area contributed by atoms with E-state index in [9.17, 15) is 9.59 Å². The quantitative estimate of drug-likeness (QED) is 0.761. The van der Waals surface area contributed by atoms with Crippen molar-refractivity contribution in [3.8, 4) is 5.75 Å². The van der Waals surface area contributed by atoms with Crippen LogP contribution in [-0.4, -0.2) is 41.0 Å². The van der Waals surface area contributed by atoms with Gasteiger partial charge in [-0.3, -0.25) is 14.5 Å². The minimum absolute atomic E-state index is 0.0604. The Morgan fingerprint density at radius 3 is 2.43 bits per heavy atom. The van der Waals surface area contributed by atoms with Gasteiger partial charge in [-0.2, -0.15) is 0 Å². The van der Waals surface area contributed by atoms with Crippen LogP contribution in [-0.2, 0) is 9.59 Å². The number of nitrogens with zero attached hydrogens (tertiary/aromatic N) is 2. The summed E-state index contributed by atoms with van der Waals surface area (Å²) >= 11 is 5.61. The first-order valence-electron chi connectivity index (χ1n) is 9.23. The molecule has 2 aliphatic rings. The van der Waals surface area contributed by atoms with Crippen LogP contribution in [0.5, 0.6) is 5.75 Å². The van der Waals surface area contributed by atoms with E-state index >= 15 is 0 Å². The molecule has 2 fully saturated rings. The standard InChI is InChI=1S/C21H21N3O3S/c1-27-17-11-7-14(8-12-17)22-19(25)13-18-20(26)24(15-5-3-2-4-6-15)21(28)23(18)16-9-10-16/h2-8,11-12,16,18H,9-10,13H2,1H3,(H,22,25)/t18-/m0/s1. The minimum atomic E-state index is -0.571. The maximum atomic E-state index is 13.1. The van der Waals surface area contributed by atoms with Crippen LogP contribution in [0.2, 0.25) is 0 Å². The third-order valence-electron chi connectivity index (χ3n) is 4.96. The Morgan fingerprint density at radius 1 is 1.14 bits per heavy atom. The molecule has 4 rings (SSSR count). The molecule has 1 atom stereocenters. The second-order valence-corrected chi connectivity index (χ2v) is 7.29. The van der Waals surface area contributed by atoms with E-state index in [1.807, 2.05) is 35.2 Å². The highest BCUT2D eigenvalue weighted by molar-refractivity contribution is 7.80. The van der Waals surface area contributed by atoms with Crippen molar-refractivity contribution in [1.82, 2.24) is 4.90 Å². The molecule has 1 heterocycles. The molecule has 144 valence electrons. The molecule has 6 nitrogen and oxygen atoms in total. The van der Waals surface area contributed by atoms with E-state index in [0.717, 1.165) is 18.5 Å². The van der Waals surface area contributed by atoms with Gasteiger partial charge in [0.25, 0.3) is 5.91 Å². The number of rotatable bonds is 6. The minimum Gasteiger partial charge on any atom is -0.497 e. The third-order valence-corrected chi connectivity index (χ3v) is 5.35. The summed E-state index contributed by atoms with van der Waals surface area (Å²) in [4.78, 5) is 29.3. The largest absolute Gasteiger partial charge is 0.497 e. The van der Waals surface area contributed by atoms with Crippen molar-refractivity contribution < 1.29 is 14.3 Å². The number of nitrogens with one attached hydrogen (secondary N) is 1. The number of carbonyl (C=O) groups is 2. The number of para-hydroxylation sites is 1. The van der Waals surface area contributed by atoms with Gasteiger partial charge in [0.05, 0.1) is 19.2 Å². The predicted octanol–water partition coefficient (Wildman–Crippen LogP) is 3.19. The molecular weight excluding hydrogens is 374 g/mol. The molecule has 0 unspecified atom stereocenters. The number of carbonyl (C=O) groups excluding carboxylic acids is 2. The molecule has 0 bridgehead atoms. The zero-order chi connectivity index (χ0) is 19.7. The lowest BCUT2D eigenvalue weighted by atomic mass is 10.1. The molecule has 0 aromatic heterocycles. The molecule has 0 spiro atoms. The van der Waals surface area contributed by atoms with Gasteiger partial charge in [0.1, 0.15) is 11.8 Å². The number of thiocarbonyl (C=S) groups is 1. The Morgan fingerprint density at radius 2 is 1.82 bits per heavy atom. The second-order valence-electron chi connectivity index (χ2n) is 6.93. The number of benzene rings is 2. The Bertz CT molecular complexity index is 897. The number of hydrogen-bond acceptors (Lipinski definition) is 4. The van der Waals surface area contributed by atoms with Crippen LogP contribution < -0.4 is 15.0 Å². The molecular formula is C21H21N3O3S. The monoisotopic (exact) mass is 395 g/mol. The number of ether oxygens (including phenoxy) is 1. The first-order chi connectivity index (χ1) is 13.6. The zero-order valence-corrected chi connectivity index (χ0v) is 16.3. The highest BCUT2D eigenvalue weighted by Gasteiger charge is 2.49. The van der Waals surface area contributed by atoms with Crippen LogP contribution in [0, 0.1) is 0 Å². The number of anilines is 2. The fourth-order valence-corrected chi connectivity index (χ4v) is 3.91. The highest BCUT2D eigenvalue weighted by atomic mass is 32.1. The van der Waals surface area contributed by atoms with Gasteiger partial charge in [-0.25, -0.2) is 0 Å². The van der Waals surface area contributed by atoms with E-state index in [4.69, 9.17) is 17.0 Å². The van der Waals surface area contributed by atoms with Gasteiger partial charge >= 0.3 is 0 Å². The summed E-state index contributed by atoms with van der Waals surface area (Å²) in [5.74, 6) is 0.354. The lowest BCUT2D eigenvalue weighted by Gasteiger charge is -2.23. The van der Waals surface area contributed by atoms with Gasteiger partial charge in [0, 0.05) is 11.7 Å². The van der Waals surface area contributed by atoms with E-state index in [1.165, 1.54) is 0 Å². The topological polar surface area (TPSA) is 61.9 Å². The molecule has 1 N–H and O–H groups in total. The van der Waals surface area contributed by atoms with E-state index in [-0.39, 0.29) is 24.3 Å². The van der Waals surface area contributed by atoms with Crippen molar-refractivity contribution in [2.24, 2.45) is 0 Å². The summed E-state index contributed by atoms with van der Waals surface area (Å²) < 4.78 is 5.12. The van der Waals surface area contributed by atoms with Gasteiger partial charge in [-0.1, -0.05) is 18.2 Å². The molecule has 2 amide bonds. The Balaban J connectivity index is 1.51. The van der Waals surface area contributed by atoms with Gasteiger partial charge in [0.2, 0.25) is 5.91 Å². The Labute approximate surface area is 169 Å². The first-order valence-corrected chi connectivity index (χ1v) is 9.64. The number of amides is 2. The number of methoxy groups -OCH3 is 1. The summed E-state index contributed by atoms with van der Waals surface area (Å²) in [6.07, 6.45) is 2.05. The van der Waals surface area contributed by atoms with Gasteiger partial charge in [-0.05, 0) is 61.5 Å². The van der Waals surface area contributed by atoms with Crippen molar-refractivity contribution >= 4 is 40.5 Å². The summed E-state index contributed by atoms with van der Waals surface area (Å²) in [6, 6.07) is 16.1. The summed E-state index contributed by atoms with van der Waals surface area (Å²) in [5.41, 5.74) is 1.40. The van der Waals surface area contributed by atoms with Crippen LogP contribution in [0.1, 0.15) is 19.3 Å². The molecule has 1 aliphatic heterocycles. The second kappa shape index (κ2) is 7.59. The van der Waals surface area contributed by atoms with E-state index < -0.39 is 6.04 Å². The average Bonchev–Trinajstić information content (AvgIpc) is 3.50. The van der Waals surface area contributed by atoms with Crippen LogP contribution in [0.4, 0.5) is 11.4 Å². The fourth-order valence-electron chi connectivity index (χ4n) is 3.44. The third kappa shape index (κ3) is 3.57. The molecule has 2 aromatic rings.